The lowest BCUT2D eigenvalue weighted by Crippen LogP contribution is -2.62. The third-order valence-corrected chi connectivity index (χ3v) is 5.97. The Morgan fingerprint density at radius 2 is 1.79 bits per heavy atom. The van der Waals surface area contributed by atoms with Crippen LogP contribution in [0.25, 0.3) is 0 Å². The number of aliphatic hydroxyl groups is 1. The van der Waals surface area contributed by atoms with Gasteiger partial charge in [-0.05, 0) is 43.0 Å². The standard InChI is InChI=1S/C25H29FN2O6/c1-17(29)21(22(30)33-2)27-23(31)25(15-18-9-11-20(26)12-10-18)13-6-14-28(25)24(32)34-16-19-7-4-3-5-8-19/h3-5,7-12,17,21,29H,6,13-16H2,1-2H3,(H,27,31)/t17-,21+,25?/m0/s1. The van der Waals surface area contributed by atoms with Crippen molar-refractivity contribution in [3.8, 4) is 0 Å². The van der Waals surface area contributed by atoms with Gasteiger partial charge in [-0.3, -0.25) is 9.69 Å². The first kappa shape index (κ1) is 25.2. The fourth-order valence-corrected chi connectivity index (χ4v) is 4.16. The summed E-state index contributed by atoms with van der Waals surface area (Å²) in [5.74, 6) is -1.86. The topological polar surface area (TPSA) is 105 Å². The molecule has 3 atom stereocenters. The minimum Gasteiger partial charge on any atom is -0.467 e. The fourth-order valence-electron chi connectivity index (χ4n) is 4.16. The van der Waals surface area contributed by atoms with Crippen molar-refractivity contribution >= 4 is 18.0 Å². The number of likely N-dealkylation sites (tertiary alicyclic amines) is 1. The molecule has 8 nitrogen and oxygen atoms in total. The number of carbonyl (C=O) groups excluding carboxylic acids is 3. The van der Waals surface area contributed by atoms with Crippen molar-refractivity contribution in [2.75, 3.05) is 13.7 Å². The van der Waals surface area contributed by atoms with E-state index in [-0.39, 0.29) is 19.6 Å². The van der Waals surface area contributed by atoms with E-state index in [2.05, 4.69) is 5.32 Å². The first-order valence-corrected chi connectivity index (χ1v) is 11.1. The number of hydrogen-bond acceptors (Lipinski definition) is 6. The average molecular weight is 473 g/mol. The molecule has 0 bridgehead atoms. The van der Waals surface area contributed by atoms with E-state index in [1.807, 2.05) is 30.3 Å². The largest absolute Gasteiger partial charge is 0.467 e. The van der Waals surface area contributed by atoms with E-state index in [1.54, 1.807) is 12.1 Å². The lowest BCUT2D eigenvalue weighted by molar-refractivity contribution is -0.149. The van der Waals surface area contributed by atoms with Gasteiger partial charge in [-0.25, -0.2) is 14.0 Å². The number of benzene rings is 2. The number of amides is 2. The number of methoxy groups -OCH3 is 1. The average Bonchev–Trinajstić information content (AvgIpc) is 3.27. The number of nitrogens with zero attached hydrogens (tertiary/aromatic N) is 1. The van der Waals surface area contributed by atoms with Crippen LogP contribution in [0, 0.1) is 5.82 Å². The summed E-state index contributed by atoms with van der Waals surface area (Å²) in [6.45, 7) is 1.65. The highest BCUT2D eigenvalue weighted by atomic mass is 19.1. The molecule has 1 fully saturated rings. The Morgan fingerprint density at radius 1 is 1.12 bits per heavy atom. The summed E-state index contributed by atoms with van der Waals surface area (Å²) in [5.41, 5.74) is 0.0294. The second-order valence-electron chi connectivity index (χ2n) is 8.35. The summed E-state index contributed by atoms with van der Waals surface area (Å²) in [5, 5.41) is 12.6. The summed E-state index contributed by atoms with van der Waals surface area (Å²) in [7, 11) is 1.15. The molecule has 34 heavy (non-hydrogen) atoms. The monoisotopic (exact) mass is 472 g/mol. The number of hydrogen-bond donors (Lipinski definition) is 2. The highest BCUT2D eigenvalue weighted by molar-refractivity contribution is 5.94. The number of aliphatic hydroxyl groups excluding tert-OH is 1. The van der Waals surface area contributed by atoms with Crippen LogP contribution in [0.1, 0.15) is 30.9 Å². The lowest BCUT2D eigenvalue weighted by Gasteiger charge is -2.37. The zero-order valence-corrected chi connectivity index (χ0v) is 19.2. The zero-order chi connectivity index (χ0) is 24.7. The Kier molecular flexibility index (Phi) is 8.22. The summed E-state index contributed by atoms with van der Waals surface area (Å²) >= 11 is 0. The molecular formula is C25H29FN2O6. The Labute approximate surface area is 197 Å². The Bertz CT molecular complexity index is 998. The van der Waals surface area contributed by atoms with E-state index < -0.39 is 41.5 Å². The first-order valence-electron chi connectivity index (χ1n) is 11.1. The Morgan fingerprint density at radius 3 is 2.41 bits per heavy atom. The minimum atomic E-state index is -1.40. The summed E-state index contributed by atoms with van der Waals surface area (Å²) in [6.07, 6.45) is -1.01. The normalized spacial score (nSPS) is 19.2. The van der Waals surface area contributed by atoms with E-state index in [0.717, 1.165) is 12.7 Å². The van der Waals surface area contributed by atoms with E-state index in [4.69, 9.17) is 9.47 Å². The van der Waals surface area contributed by atoms with Gasteiger partial charge in [0.2, 0.25) is 5.91 Å². The van der Waals surface area contributed by atoms with E-state index in [0.29, 0.717) is 18.4 Å². The van der Waals surface area contributed by atoms with Crippen LogP contribution in [0.2, 0.25) is 0 Å². The third kappa shape index (κ3) is 5.72. The molecule has 182 valence electrons. The van der Waals surface area contributed by atoms with Gasteiger partial charge in [-0.2, -0.15) is 0 Å². The molecule has 0 spiro atoms. The zero-order valence-electron chi connectivity index (χ0n) is 19.2. The molecule has 0 aromatic heterocycles. The van der Waals surface area contributed by atoms with Gasteiger partial charge in [-0.15, -0.1) is 0 Å². The molecule has 3 rings (SSSR count). The van der Waals surface area contributed by atoms with Crippen molar-refractivity contribution in [3.05, 3.63) is 71.5 Å². The molecule has 1 aliphatic heterocycles. The van der Waals surface area contributed by atoms with Gasteiger partial charge in [-0.1, -0.05) is 42.5 Å². The highest BCUT2D eigenvalue weighted by Gasteiger charge is 2.51. The number of nitrogens with one attached hydrogen (secondary N) is 1. The second kappa shape index (κ2) is 11.1. The molecule has 1 saturated heterocycles. The quantitative estimate of drug-likeness (QED) is 0.573. The van der Waals surface area contributed by atoms with Crippen molar-refractivity contribution in [2.45, 2.75) is 50.5 Å². The molecule has 1 unspecified atom stereocenters. The van der Waals surface area contributed by atoms with Crippen LogP contribution in [0.3, 0.4) is 0 Å². The second-order valence-corrected chi connectivity index (χ2v) is 8.35. The Balaban J connectivity index is 1.89. The van der Waals surface area contributed by atoms with Gasteiger partial charge in [0.15, 0.2) is 6.04 Å². The summed E-state index contributed by atoms with van der Waals surface area (Å²) < 4.78 is 23.7. The summed E-state index contributed by atoms with van der Waals surface area (Å²) in [4.78, 5) is 40.2. The van der Waals surface area contributed by atoms with Crippen LogP contribution in [-0.4, -0.2) is 59.3 Å². The Hall–Kier alpha value is -3.46. The highest BCUT2D eigenvalue weighted by Crippen LogP contribution is 2.34. The SMILES string of the molecule is COC(=O)[C@H](NC(=O)C1(Cc2ccc(F)cc2)CCCN1C(=O)OCc1ccccc1)[C@H](C)O. The van der Waals surface area contributed by atoms with Gasteiger partial charge in [0.05, 0.1) is 13.2 Å². The molecule has 1 aliphatic rings. The minimum absolute atomic E-state index is 0.0306. The van der Waals surface area contributed by atoms with Crippen LogP contribution in [0.4, 0.5) is 9.18 Å². The molecular weight excluding hydrogens is 443 g/mol. The van der Waals surface area contributed by atoms with Gasteiger partial charge in [0.1, 0.15) is 18.0 Å². The van der Waals surface area contributed by atoms with Crippen LogP contribution >= 0.6 is 0 Å². The predicted molar refractivity (Wildman–Crippen MR) is 121 cm³/mol. The first-order chi connectivity index (χ1) is 16.3. The number of carbonyl (C=O) groups is 3. The van der Waals surface area contributed by atoms with Gasteiger partial charge in [0.25, 0.3) is 0 Å². The maximum atomic E-state index is 13.6. The van der Waals surface area contributed by atoms with Crippen molar-refractivity contribution in [2.24, 2.45) is 0 Å². The maximum absolute atomic E-state index is 13.6. The molecule has 0 saturated carbocycles. The molecule has 0 radical (unpaired) electrons. The molecule has 9 heteroatoms. The summed E-state index contributed by atoms with van der Waals surface area (Å²) in [6, 6.07) is 13.5. The van der Waals surface area contributed by atoms with Crippen molar-refractivity contribution in [1.29, 1.82) is 0 Å². The molecule has 2 amide bonds. The molecule has 0 aliphatic carbocycles. The third-order valence-electron chi connectivity index (χ3n) is 5.97. The predicted octanol–water partition coefficient (Wildman–Crippen LogP) is 2.58. The van der Waals surface area contributed by atoms with Crippen LogP contribution in [0.5, 0.6) is 0 Å². The molecule has 1 heterocycles. The molecule has 2 aromatic carbocycles. The van der Waals surface area contributed by atoms with E-state index in [9.17, 15) is 23.9 Å². The van der Waals surface area contributed by atoms with Crippen molar-refractivity contribution in [1.82, 2.24) is 10.2 Å². The van der Waals surface area contributed by atoms with Crippen molar-refractivity contribution < 1.29 is 33.4 Å². The van der Waals surface area contributed by atoms with E-state index in [1.165, 1.54) is 24.0 Å². The number of esters is 1. The van der Waals surface area contributed by atoms with Gasteiger partial charge in [0, 0.05) is 13.0 Å². The lowest BCUT2D eigenvalue weighted by atomic mass is 9.86. The van der Waals surface area contributed by atoms with E-state index >= 15 is 0 Å². The van der Waals surface area contributed by atoms with Gasteiger partial charge >= 0.3 is 12.1 Å². The van der Waals surface area contributed by atoms with Gasteiger partial charge < -0.3 is 19.9 Å². The van der Waals surface area contributed by atoms with Crippen molar-refractivity contribution in [3.63, 3.8) is 0 Å². The molecule has 2 N–H and O–H groups in total. The molecule has 2 aromatic rings. The number of halogens is 1. The maximum Gasteiger partial charge on any atom is 0.411 e. The smallest absolute Gasteiger partial charge is 0.411 e. The number of ether oxygens (including phenoxy) is 2. The van der Waals surface area contributed by atoms with Crippen LogP contribution < -0.4 is 5.32 Å². The van der Waals surface area contributed by atoms with Crippen LogP contribution in [-0.2, 0) is 32.1 Å². The van der Waals surface area contributed by atoms with Crippen LogP contribution in [0.15, 0.2) is 54.6 Å². The number of rotatable bonds is 8. The fraction of sp³-hybridized carbons (Fsp3) is 0.400.